The summed E-state index contributed by atoms with van der Waals surface area (Å²) < 4.78 is 10.7. The lowest BCUT2D eigenvalue weighted by Gasteiger charge is -2.34. The Labute approximate surface area is 221 Å². The van der Waals surface area contributed by atoms with Crippen molar-refractivity contribution in [2.75, 3.05) is 25.7 Å². The first-order chi connectivity index (χ1) is 17.7. The Morgan fingerprint density at radius 3 is 2.27 bits per heavy atom. The van der Waals surface area contributed by atoms with Gasteiger partial charge in [-0.15, -0.1) is 11.3 Å². The fraction of sp³-hybridized carbons (Fsp3) is 0.321. The van der Waals surface area contributed by atoms with Crippen LogP contribution in [0.25, 0.3) is 0 Å². The van der Waals surface area contributed by atoms with Crippen LogP contribution in [0, 0.1) is 0 Å². The predicted octanol–water partition coefficient (Wildman–Crippen LogP) is 4.57. The fourth-order valence-corrected chi connectivity index (χ4v) is 4.28. The number of carbonyl (C=O) groups is 3. The van der Waals surface area contributed by atoms with Crippen LogP contribution in [0.3, 0.4) is 0 Å². The molecule has 1 atom stereocenters. The molecule has 37 heavy (non-hydrogen) atoms. The summed E-state index contributed by atoms with van der Waals surface area (Å²) >= 11 is 1.28. The third-order valence-corrected chi connectivity index (χ3v) is 6.89. The number of anilines is 1. The van der Waals surface area contributed by atoms with E-state index in [0.717, 1.165) is 0 Å². The van der Waals surface area contributed by atoms with Gasteiger partial charge in [0.05, 0.1) is 25.6 Å². The van der Waals surface area contributed by atoms with Gasteiger partial charge in [-0.1, -0.05) is 25.1 Å². The largest absolute Gasteiger partial charge is 0.497 e. The van der Waals surface area contributed by atoms with Crippen molar-refractivity contribution in [3.8, 4) is 11.5 Å². The van der Waals surface area contributed by atoms with Crippen LogP contribution in [0.1, 0.15) is 48.5 Å². The molecule has 0 spiro atoms. The number of carbonyl (C=O) groups excluding carboxylic acids is 3. The predicted molar refractivity (Wildman–Crippen MR) is 145 cm³/mol. The number of thiophene rings is 1. The molecule has 196 valence electrons. The summed E-state index contributed by atoms with van der Waals surface area (Å²) in [5.74, 6) is 0.00329. The van der Waals surface area contributed by atoms with E-state index in [1.165, 1.54) is 16.2 Å². The molecule has 9 heteroatoms. The van der Waals surface area contributed by atoms with Gasteiger partial charge in [0.2, 0.25) is 11.8 Å². The lowest BCUT2D eigenvalue weighted by Crippen LogP contribution is -2.52. The normalized spacial score (nSPS) is 11.8. The quantitative estimate of drug-likeness (QED) is 0.384. The molecule has 3 rings (SSSR count). The second-order valence-corrected chi connectivity index (χ2v) is 9.98. The summed E-state index contributed by atoms with van der Waals surface area (Å²) in [4.78, 5) is 42.0. The number of nitrogens with zero attached hydrogens (tertiary/aromatic N) is 1. The van der Waals surface area contributed by atoms with Crippen molar-refractivity contribution in [2.45, 2.75) is 38.8 Å². The number of hydrogen-bond acceptors (Lipinski definition) is 6. The second-order valence-electron chi connectivity index (χ2n) is 9.03. The molecule has 0 aliphatic carbocycles. The van der Waals surface area contributed by atoms with Crippen LogP contribution >= 0.6 is 11.3 Å². The second kappa shape index (κ2) is 12.4. The van der Waals surface area contributed by atoms with Crippen molar-refractivity contribution in [2.24, 2.45) is 0 Å². The van der Waals surface area contributed by atoms with E-state index in [-0.39, 0.29) is 18.4 Å². The molecule has 3 amide bonds. The van der Waals surface area contributed by atoms with Crippen molar-refractivity contribution in [1.82, 2.24) is 10.6 Å². The van der Waals surface area contributed by atoms with Gasteiger partial charge in [-0.25, -0.2) is 0 Å². The Morgan fingerprint density at radius 1 is 0.973 bits per heavy atom. The molecule has 0 saturated carbocycles. The van der Waals surface area contributed by atoms with Gasteiger partial charge < -0.3 is 20.1 Å². The van der Waals surface area contributed by atoms with E-state index in [4.69, 9.17) is 9.47 Å². The maximum atomic E-state index is 13.8. The Morgan fingerprint density at radius 2 is 1.68 bits per heavy atom. The first kappa shape index (κ1) is 27.7. The summed E-state index contributed by atoms with van der Waals surface area (Å²) in [5.41, 5.74) is 0.543. The molecule has 3 aromatic rings. The van der Waals surface area contributed by atoms with E-state index in [9.17, 15) is 14.4 Å². The third-order valence-electron chi connectivity index (χ3n) is 6.03. The van der Waals surface area contributed by atoms with Gasteiger partial charge in [0.25, 0.3) is 5.91 Å². The number of nitrogens with one attached hydrogen (secondary N) is 2. The number of amides is 3. The molecule has 0 radical (unpaired) electrons. The maximum absolute atomic E-state index is 13.8. The van der Waals surface area contributed by atoms with Gasteiger partial charge in [-0.2, -0.15) is 0 Å². The first-order valence-electron chi connectivity index (χ1n) is 11.9. The highest BCUT2D eigenvalue weighted by Gasteiger charge is 2.35. The van der Waals surface area contributed by atoms with Crippen LogP contribution in [0.5, 0.6) is 11.5 Å². The van der Waals surface area contributed by atoms with Crippen molar-refractivity contribution in [3.05, 3.63) is 76.5 Å². The molecule has 1 aromatic heterocycles. The van der Waals surface area contributed by atoms with Gasteiger partial charge in [-0.05, 0) is 73.7 Å². The standard InChI is InChI=1S/C28H33N3O5S/c1-6-28(2,3)30-27(34)25(19-9-7-10-22(17-19)36-5)31(20-12-14-21(35-4)15-13-20)24(32)18-29-26(33)23-11-8-16-37-23/h7-17,25H,6,18H2,1-5H3,(H,29,33)(H,30,34)/t25-/m1/s1. The van der Waals surface area contributed by atoms with Crippen molar-refractivity contribution >= 4 is 34.7 Å². The Kier molecular flexibility index (Phi) is 9.30. The number of methoxy groups -OCH3 is 2. The maximum Gasteiger partial charge on any atom is 0.261 e. The molecule has 0 bridgehead atoms. The summed E-state index contributed by atoms with van der Waals surface area (Å²) in [6.45, 7) is 5.53. The van der Waals surface area contributed by atoms with E-state index in [1.54, 1.807) is 80.3 Å². The van der Waals surface area contributed by atoms with Crippen LogP contribution in [-0.4, -0.2) is 44.0 Å². The van der Waals surface area contributed by atoms with Crippen molar-refractivity contribution in [3.63, 3.8) is 0 Å². The third kappa shape index (κ3) is 7.10. The Bertz CT molecular complexity index is 1210. The van der Waals surface area contributed by atoms with Crippen LogP contribution in [-0.2, 0) is 9.59 Å². The highest BCUT2D eigenvalue weighted by molar-refractivity contribution is 7.12. The van der Waals surface area contributed by atoms with Crippen LogP contribution in [0.2, 0.25) is 0 Å². The molecule has 0 unspecified atom stereocenters. The van der Waals surface area contributed by atoms with Crippen molar-refractivity contribution in [1.29, 1.82) is 0 Å². The van der Waals surface area contributed by atoms with E-state index < -0.39 is 17.5 Å². The SMILES string of the molecule is CCC(C)(C)NC(=O)[C@@H](c1cccc(OC)c1)N(C(=O)CNC(=O)c1cccs1)c1ccc(OC)cc1. The summed E-state index contributed by atoms with van der Waals surface area (Å²) in [6, 6.07) is 16.3. The number of benzene rings is 2. The average Bonchev–Trinajstić information content (AvgIpc) is 3.45. The topological polar surface area (TPSA) is 97.0 Å². The minimum Gasteiger partial charge on any atom is -0.497 e. The monoisotopic (exact) mass is 523 g/mol. The van der Waals surface area contributed by atoms with Crippen LogP contribution in [0.15, 0.2) is 66.0 Å². The summed E-state index contributed by atoms with van der Waals surface area (Å²) in [5, 5.41) is 7.55. The number of rotatable bonds is 11. The van der Waals surface area contributed by atoms with Crippen molar-refractivity contribution < 1.29 is 23.9 Å². The van der Waals surface area contributed by atoms with E-state index >= 15 is 0 Å². The Hall–Kier alpha value is -3.85. The van der Waals surface area contributed by atoms with Crippen LogP contribution in [0.4, 0.5) is 5.69 Å². The van der Waals surface area contributed by atoms with Gasteiger partial charge in [-0.3, -0.25) is 19.3 Å². The van der Waals surface area contributed by atoms with E-state index in [2.05, 4.69) is 10.6 Å². The van der Waals surface area contributed by atoms with Gasteiger partial charge in [0, 0.05) is 11.2 Å². The lowest BCUT2D eigenvalue weighted by atomic mass is 9.98. The average molecular weight is 524 g/mol. The highest BCUT2D eigenvalue weighted by Crippen LogP contribution is 2.32. The Balaban J connectivity index is 2.06. The van der Waals surface area contributed by atoms with Gasteiger partial charge in [0.1, 0.15) is 17.5 Å². The smallest absolute Gasteiger partial charge is 0.261 e. The minimum atomic E-state index is -1.03. The molecule has 2 N–H and O–H groups in total. The zero-order valence-corrected chi connectivity index (χ0v) is 22.6. The fourth-order valence-electron chi connectivity index (χ4n) is 3.64. The van der Waals surface area contributed by atoms with Crippen LogP contribution < -0.4 is 25.0 Å². The van der Waals surface area contributed by atoms with Gasteiger partial charge >= 0.3 is 0 Å². The highest BCUT2D eigenvalue weighted by atomic mass is 32.1. The molecule has 2 aromatic carbocycles. The molecule has 1 heterocycles. The lowest BCUT2D eigenvalue weighted by molar-refractivity contribution is -0.127. The van der Waals surface area contributed by atoms with E-state index in [0.29, 0.717) is 34.0 Å². The molecule has 8 nitrogen and oxygen atoms in total. The van der Waals surface area contributed by atoms with E-state index in [1.807, 2.05) is 20.8 Å². The summed E-state index contributed by atoms with van der Waals surface area (Å²) in [6.07, 6.45) is 0.691. The zero-order chi connectivity index (χ0) is 27.0. The van der Waals surface area contributed by atoms with Gasteiger partial charge in [0.15, 0.2) is 0 Å². The molecular weight excluding hydrogens is 490 g/mol. The first-order valence-corrected chi connectivity index (χ1v) is 12.8. The molecule has 0 saturated heterocycles. The number of ether oxygens (including phenoxy) is 2. The number of hydrogen-bond donors (Lipinski definition) is 2. The molecule has 0 aliphatic rings. The molecular formula is C28H33N3O5S. The minimum absolute atomic E-state index is 0.298. The zero-order valence-electron chi connectivity index (χ0n) is 21.7. The molecule has 0 aliphatic heterocycles. The summed E-state index contributed by atoms with van der Waals surface area (Å²) in [7, 11) is 3.10. The molecule has 0 fully saturated rings.